The number of likely N-dealkylation sites (N-methyl/N-ethyl adjacent to an activating group) is 1. The summed E-state index contributed by atoms with van der Waals surface area (Å²) in [4.78, 5) is 2.41. The summed E-state index contributed by atoms with van der Waals surface area (Å²) >= 11 is 3.46. The van der Waals surface area contributed by atoms with E-state index in [0.717, 1.165) is 29.7 Å². The predicted molar refractivity (Wildman–Crippen MR) is 87.0 cm³/mol. The molecular formula is C14H22BrClN2O2. The number of piperidine rings is 1. The first-order valence-electron chi connectivity index (χ1n) is 6.59. The lowest BCUT2D eigenvalue weighted by atomic mass is 10.0. The van der Waals surface area contributed by atoms with E-state index in [1.165, 1.54) is 12.8 Å². The minimum absolute atomic E-state index is 0. The summed E-state index contributed by atoms with van der Waals surface area (Å²) in [5.74, 6) is 0.685. The van der Waals surface area contributed by atoms with Crippen LogP contribution >= 0.6 is 28.3 Å². The lowest BCUT2D eigenvalue weighted by molar-refractivity contribution is 0.187. The number of rotatable bonds is 4. The van der Waals surface area contributed by atoms with Gasteiger partial charge in [-0.3, -0.25) is 4.90 Å². The van der Waals surface area contributed by atoms with Crippen molar-refractivity contribution in [3.63, 3.8) is 0 Å². The fourth-order valence-corrected chi connectivity index (χ4v) is 3.00. The number of methoxy groups -OCH3 is 1. The molecule has 4 nitrogen and oxygen atoms in total. The average molecular weight is 366 g/mol. The van der Waals surface area contributed by atoms with Gasteiger partial charge in [0.2, 0.25) is 0 Å². The second-order valence-corrected chi connectivity index (χ2v) is 5.75. The van der Waals surface area contributed by atoms with Crippen molar-refractivity contribution in [2.75, 3.05) is 27.2 Å². The minimum Gasteiger partial charge on any atom is -0.503 e. The van der Waals surface area contributed by atoms with Crippen molar-refractivity contribution in [1.29, 1.82) is 0 Å². The van der Waals surface area contributed by atoms with Crippen LogP contribution in [0.15, 0.2) is 16.6 Å². The van der Waals surface area contributed by atoms with Gasteiger partial charge < -0.3 is 15.2 Å². The van der Waals surface area contributed by atoms with Gasteiger partial charge in [0.1, 0.15) is 0 Å². The second kappa shape index (κ2) is 8.08. The van der Waals surface area contributed by atoms with Crippen LogP contribution in [0.1, 0.15) is 18.4 Å². The van der Waals surface area contributed by atoms with Crippen LogP contribution in [0.3, 0.4) is 0 Å². The van der Waals surface area contributed by atoms with Crippen LogP contribution in [0, 0.1) is 0 Å². The van der Waals surface area contributed by atoms with E-state index >= 15 is 0 Å². The molecular weight excluding hydrogens is 344 g/mol. The van der Waals surface area contributed by atoms with Crippen LogP contribution in [0.25, 0.3) is 0 Å². The van der Waals surface area contributed by atoms with Crippen molar-refractivity contribution < 1.29 is 9.84 Å². The summed E-state index contributed by atoms with van der Waals surface area (Å²) in [5.41, 5.74) is 1.09. The molecule has 2 N–H and O–H groups in total. The number of likely N-dealkylation sites (tertiary alicyclic amines) is 1. The van der Waals surface area contributed by atoms with E-state index in [9.17, 15) is 5.11 Å². The zero-order valence-electron chi connectivity index (χ0n) is 11.9. The Labute approximate surface area is 135 Å². The van der Waals surface area contributed by atoms with Crippen LogP contribution in [-0.4, -0.2) is 43.3 Å². The molecule has 0 amide bonds. The van der Waals surface area contributed by atoms with E-state index in [4.69, 9.17) is 4.74 Å². The SMILES string of the molecule is CNC1CCCN(Cc2ccc(OC)c(O)c2Br)C1.Cl. The summed E-state index contributed by atoms with van der Waals surface area (Å²) in [5, 5.41) is 13.3. The molecule has 0 aromatic heterocycles. The maximum Gasteiger partial charge on any atom is 0.172 e. The Morgan fingerprint density at radius 1 is 1.50 bits per heavy atom. The first kappa shape index (κ1) is 17.6. The van der Waals surface area contributed by atoms with Gasteiger partial charge in [0.05, 0.1) is 11.6 Å². The third kappa shape index (κ3) is 4.01. The Balaban J connectivity index is 0.00000200. The van der Waals surface area contributed by atoms with Crippen LogP contribution in [0.5, 0.6) is 11.5 Å². The van der Waals surface area contributed by atoms with Gasteiger partial charge in [-0.1, -0.05) is 6.07 Å². The predicted octanol–water partition coefficient (Wildman–Crippen LogP) is 2.77. The zero-order valence-corrected chi connectivity index (χ0v) is 14.3. The van der Waals surface area contributed by atoms with Gasteiger partial charge in [-0.25, -0.2) is 0 Å². The summed E-state index contributed by atoms with van der Waals surface area (Å²) in [6.07, 6.45) is 2.45. The van der Waals surface area contributed by atoms with Gasteiger partial charge in [0.15, 0.2) is 11.5 Å². The largest absolute Gasteiger partial charge is 0.503 e. The highest BCUT2D eigenvalue weighted by molar-refractivity contribution is 9.10. The first-order chi connectivity index (χ1) is 9.15. The number of aromatic hydroxyl groups is 1. The molecule has 1 aromatic carbocycles. The van der Waals surface area contributed by atoms with Gasteiger partial charge in [-0.05, 0) is 54.0 Å². The molecule has 1 aliphatic rings. The van der Waals surface area contributed by atoms with E-state index in [1.54, 1.807) is 7.11 Å². The standard InChI is InChI=1S/C14H21BrN2O2.ClH/c1-16-11-4-3-7-17(9-11)8-10-5-6-12(19-2)14(18)13(10)15;/h5-6,11,16,18H,3-4,7-9H2,1-2H3;1H. The molecule has 1 fully saturated rings. The number of nitrogens with one attached hydrogen (secondary N) is 1. The quantitative estimate of drug-likeness (QED) is 0.861. The molecule has 1 saturated heterocycles. The van der Waals surface area contributed by atoms with Crippen molar-refractivity contribution in [2.45, 2.75) is 25.4 Å². The summed E-state index contributed by atoms with van der Waals surface area (Å²) in [7, 11) is 3.58. The van der Waals surface area contributed by atoms with Crippen LogP contribution < -0.4 is 10.1 Å². The zero-order chi connectivity index (χ0) is 13.8. The molecule has 1 aliphatic heterocycles. The van der Waals surface area contributed by atoms with Gasteiger partial charge in [-0.15, -0.1) is 12.4 Å². The molecule has 0 radical (unpaired) electrons. The molecule has 0 saturated carbocycles. The average Bonchev–Trinajstić information content (AvgIpc) is 2.44. The number of hydrogen-bond donors (Lipinski definition) is 2. The molecule has 114 valence electrons. The third-order valence-corrected chi connectivity index (χ3v) is 4.57. The normalized spacial score (nSPS) is 19.4. The molecule has 20 heavy (non-hydrogen) atoms. The number of nitrogens with zero attached hydrogens (tertiary/aromatic N) is 1. The highest BCUT2D eigenvalue weighted by Gasteiger charge is 2.20. The highest BCUT2D eigenvalue weighted by Crippen LogP contribution is 2.37. The Morgan fingerprint density at radius 2 is 2.25 bits per heavy atom. The monoisotopic (exact) mass is 364 g/mol. The Hall–Kier alpha value is -0.490. The van der Waals surface area contributed by atoms with Crippen molar-refractivity contribution >= 4 is 28.3 Å². The lowest BCUT2D eigenvalue weighted by Gasteiger charge is -2.32. The number of phenols is 1. The highest BCUT2D eigenvalue weighted by atomic mass is 79.9. The van der Waals surface area contributed by atoms with Gasteiger partial charge in [0, 0.05) is 19.1 Å². The van der Waals surface area contributed by atoms with Crippen LogP contribution in [-0.2, 0) is 6.54 Å². The summed E-state index contributed by atoms with van der Waals surface area (Å²) < 4.78 is 5.84. The van der Waals surface area contributed by atoms with E-state index in [1.807, 2.05) is 19.2 Å². The smallest absolute Gasteiger partial charge is 0.172 e. The van der Waals surface area contributed by atoms with Gasteiger partial charge in [0.25, 0.3) is 0 Å². The fraction of sp³-hybridized carbons (Fsp3) is 0.571. The second-order valence-electron chi connectivity index (χ2n) is 4.95. The van der Waals surface area contributed by atoms with E-state index in [0.29, 0.717) is 11.8 Å². The Kier molecular flexibility index (Phi) is 7.09. The van der Waals surface area contributed by atoms with Crippen LogP contribution in [0.2, 0.25) is 0 Å². The summed E-state index contributed by atoms with van der Waals surface area (Å²) in [6.45, 7) is 3.00. The Morgan fingerprint density at radius 3 is 2.90 bits per heavy atom. The van der Waals surface area contributed by atoms with Crippen molar-refractivity contribution in [2.24, 2.45) is 0 Å². The molecule has 2 rings (SSSR count). The number of phenolic OH excluding ortho intramolecular Hbond substituents is 1. The number of ether oxygens (including phenoxy) is 1. The fourth-order valence-electron chi connectivity index (χ4n) is 2.55. The molecule has 0 bridgehead atoms. The number of halogens is 2. The molecule has 0 spiro atoms. The molecule has 1 heterocycles. The molecule has 6 heteroatoms. The van der Waals surface area contributed by atoms with Crippen LogP contribution in [0.4, 0.5) is 0 Å². The van der Waals surface area contributed by atoms with Gasteiger partial charge >= 0.3 is 0 Å². The molecule has 1 atom stereocenters. The lowest BCUT2D eigenvalue weighted by Crippen LogP contribution is -2.43. The molecule has 0 aliphatic carbocycles. The third-order valence-electron chi connectivity index (χ3n) is 3.69. The van der Waals surface area contributed by atoms with Crippen molar-refractivity contribution in [3.05, 3.63) is 22.2 Å². The molecule has 1 aromatic rings. The minimum atomic E-state index is 0. The first-order valence-corrected chi connectivity index (χ1v) is 7.39. The van der Waals surface area contributed by atoms with E-state index in [-0.39, 0.29) is 18.2 Å². The number of hydrogen-bond acceptors (Lipinski definition) is 4. The Bertz CT molecular complexity index is 445. The van der Waals surface area contributed by atoms with Crippen molar-refractivity contribution in [3.8, 4) is 11.5 Å². The summed E-state index contributed by atoms with van der Waals surface area (Å²) in [6, 6.07) is 4.39. The number of benzene rings is 1. The van der Waals surface area contributed by atoms with E-state index < -0.39 is 0 Å². The molecule has 1 unspecified atom stereocenters. The maximum absolute atomic E-state index is 10.0. The topological polar surface area (TPSA) is 44.7 Å². The van der Waals surface area contributed by atoms with Gasteiger partial charge in [-0.2, -0.15) is 0 Å². The van der Waals surface area contributed by atoms with Crippen molar-refractivity contribution in [1.82, 2.24) is 10.2 Å². The van der Waals surface area contributed by atoms with E-state index in [2.05, 4.69) is 26.1 Å². The maximum atomic E-state index is 10.0.